The molecule has 21 heavy (non-hydrogen) atoms. The van der Waals surface area contributed by atoms with E-state index in [2.05, 4.69) is 6.92 Å². The highest BCUT2D eigenvalue weighted by Gasteiger charge is 2.37. The molecule has 1 heterocycles. The summed E-state index contributed by atoms with van der Waals surface area (Å²) >= 11 is 0. The number of nitrogens with zero attached hydrogens (tertiary/aromatic N) is 1. The number of amides is 1. The number of likely N-dealkylation sites (tertiary alicyclic amines) is 1. The average Bonchev–Trinajstić information content (AvgIpc) is 2.46. The second-order valence-electron chi connectivity index (χ2n) is 5.56. The molecule has 0 radical (unpaired) electrons. The summed E-state index contributed by atoms with van der Waals surface area (Å²) < 4.78 is 39.0. The zero-order chi connectivity index (χ0) is 15.6. The third-order valence-electron chi connectivity index (χ3n) is 4.17. The Morgan fingerprint density at radius 2 is 2.05 bits per heavy atom. The van der Waals surface area contributed by atoms with Gasteiger partial charge in [-0.05, 0) is 36.9 Å². The van der Waals surface area contributed by atoms with Crippen LogP contribution in [0.2, 0.25) is 0 Å². The van der Waals surface area contributed by atoms with E-state index in [1.807, 2.05) is 0 Å². The zero-order valence-corrected chi connectivity index (χ0v) is 11.9. The summed E-state index contributed by atoms with van der Waals surface area (Å²) in [6, 6.07) is 4.93. The maximum Gasteiger partial charge on any atom is 0.417 e. The summed E-state index contributed by atoms with van der Waals surface area (Å²) in [7, 11) is 0. The van der Waals surface area contributed by atoms with Gasteiger partial charge in [0.1, 0.15) is 0 Å². The second kappa shape index (κ2) is 6.05. The monoisotopic (exact) mass is 300 g/mol. The van der Waals surface area contributed by atoms with Crippen molar-refractivity contribution < 1.29 is 18.0 Å². The molecule has 0 saturated carbocycles. The maximum atomic E-state index is 13.0. The van der Waals surface area contributed by atoms with Gasteiger partial charge in [0.15, 0.2) is 0 Å². The normalized spacial score (nSPS) is 23.2. The molecular formula is C15H19F3N2O. The highest BCUT2D eigenvalue weighted by Crippen LogP contribution is 2.33. The van der Waals surface area contributed by atoms with Crippen molar-refractivity contribution in [1.29, 1.82) is 0 Å². The van der Waals surface area contributed by atoms with Crippen molar-refractivity contribution in [3.8, 4) is 0 Å². The quantitative estimate of drug-likeness (QED) is 0.913. The van der Waals surface area contributed by atoms with Crippen molar-refractivity contribution in [2.24, 2.45) is 17.6 Å². The van der Waals surface area contributed by atoms with Gasteiger partial charge in [0.25, 0.3) is 5.91 Å². The Balaban J connectivity index is 2.25. The average molecular weight is 300 g/mol. The molecule has 1 aliphatic rings. The Hall–Kier alpha value is -1.56. The van der Waals surface area contributed by atoms with Gasteiger partial charge in [-0.3, -0.25) is 4.79 Å². The lowest BCUT2D eigenvalue weighted by Crippen LogP contribution is -2.45. The first-order valence-corrected chi connectivity index (χ1v) is 7.00. The molecule has 0 aliphatic carbocycles. The first-order valence-electron chi connectivity index (χ1n) is 7.00. The molecule has 2 atom stereocenters. The second-order valence-corrected chi connectivity index (χ2v) is 5.56. The summed E-state index contributed by atoms with van der Waals surface area (Å²) in [6.07, 6.45) is -3.76. The van der Waals surface area contributed by atoms with E-state index >= 15 is 0 Å². The van der Waals surface area contributed by atoms with Crippen LogP contribution in [0.1, 0.15) is 29.3 Å². The fourth-order valence-electron chi connectivity index (χ4n) is 2.73. The van der Waals surface area contributed by atoms with Crippen LogP contribution in [-0.2, 0) is 6.18 Å². The molecular weight excluding hydrogens is 281 g/mol. The molecule has 116 valence electrons. The van der Waals surface area contributed by atoms with Crippen LogP contribution in [-0.4, -0.2) is 30.4 Å². The number of benzene rings is 1. The number of alkyl halides is 3. The molecule has 1 amide bonds. The summed E-state index contributed by atoms with van der Waals surface area (Å²) in [5, 5.41) is 0. The van der Waals surface area contributed by atoms with Crippen LogP contribution in [0.15, 0.2) is 24.3 Å². The van der Waals surface area contributed by atoms with Crippen molar-refractivity contribution in [2.75, 3.05) is 19.6 Å². The van der Waals surface area contributed by atoms with Crippen LogP contribution in [0.25, 0.3) is 0 Å². The molecule has 1 aromatic rings. The Labute approximate surface area is 121 Å². The van der Waals surface area contributed by atoms with Crippen molar-refractivity contribution in [3.05, 3.63) is 35.4 Å². The minimum atomic E-state index is -4.53. The van der Waals surface area contributed by atoms with Gasteiger partial charge in [0.2, 0.25) is 0 Å². The fourth-order valence-corrected chi connectivity index (χ4v) is 2.73. The van der Waals surface area contributed by atoms with Crippen molar-refractivity contribution >= 4 is 5.91 Å². The Bertz CT molecular complexity index is 516. The molecule has 6 heteroatoms. The minimum Gasteiger partial charge on any atom is -0.338 e. The van der Waals surface area contributed by atoms with Crippen LogP contribution in [0.5, 0.6) is 0 Å². The maximum absolute atomic E-state index is 13.0. The van der Waals surface area contributed by atoms with E-state index in [9.17, 15) is 18.0 Å². The van der Waals surface area contributed by atoms with Gasteiger partial charge < -0.3 is 10.6 Å². The summed E-state index contributed by atoms with van der Waals surface area (Å²) in [4.78, 5) is 13.9. The standard InChI is InChI=1S/C15H19F3N2O/c1-10-6-7-20(9-11(10)8-19)14(21)12-4-2-3-5-13(12)15(16,17)18/h2-5,10-11H,6-9,19H2,1H3. The van der Waals surface area contributed by atoms with E-state index < -0.39 is 17.6 Å². The fraction of sp³-hybridized carbons (Fsp3) is 0.533. The van der Waals surface area contributed by atoms with Gasteiger partial charge in [-0.15, -0.1) is 0 Å². The highest BCUT2D eigenvalue weighted by molar-refractivity contribution is 5.96. The number of hydrogen-bond acceptors (Lipinski definition) is 2. The highest BCUT2D eigenvalue weighted by atomic mass is 19.4. The van der Waals surface area contributed by atoms with E-state index in [0.29, 0.717) is 25.6 Å². The van der Waals surface area contributed by atoms with E-state index in [1.165, 1.54) is 23.1 Å². The number of hydrogen-bond donors (Lipinski definition) is 1. The Morgan fingerprint density at radius 3 is 2.67 bits per heavy atom. The zero-order valence-electron chi connectivity index (χ0n) is 11.9. The van der Waals surface area contributed by atoms with Crippen LogP contribution >= 0.6 is 0 Å². The molecule has 1 fully saturated rings. The van der Waals surface area contributed by atoms with E-state index in [-0.39, 0.29) is 11.5 Å². The lowest BCUT2D eigenvalue weighted by molar-refractivity contribution is -0.138. The van der Waals surface area contributed by atoms with Gasteiger partial charge in [-0.25, -0.2) is 0 Å². The summed E-state index contributed by atoms with van der Waals surface area (Å²) in [6.45, 7) is 3.39. The van der Waals surface area contributed by atoms with Crippen molar-refractivity contribution in [2.45, 2.75) is 19.5 Å². The third kappa shape index (κ3) is 3.37. The SMILES string of the molecule is CC1CCN(C(=O)c2ccccc2C(F)(F)F)CC1CN. The summed E-state index contributed by atoms with van der Waals surface area (Å²) in [5.41, 5.74) is 4.52. The van der Waals surface area contributed by atoms with Gasteiger partial charge in [-0.2, -0.15) is 13.2 Å². The number of carbonyl (C=O) groups excluding carboxylic acids is 1. The van der Waals surface area contributed by atoms with Gasteiger partial charge >= 0.3 is 6.18 Å². The molecule has 2 unspecified atom stereocenters. The number of halogens is 3. The van der Waals surface area contributed by atoms with Crippen molar-refractivity contribution in [1.82, 2.24) is 4.90 Å². The lowest BCUT2D eigenvalue weighted by Gasteiger charge is -2.36. The van der Waals surface area contributed by atoms with Crippen molar-refractivity contribution in [3.63, 3.8) is 0 Å². The van der Waals surface area contributed by atoms with Crippen LogP contribution in [0.3, 0.4) is 0 Å². The topological polar surface area (TPSA) is 46.3 Å². The molecule has 0 aromatic heterocycles. The first-order chi connectivity index (χ1) is 9.84. The summed E-state index contributed by atoms with van der Waals surface area (Å²) in [5.74, 6) is -0.0362. The molecule has 2 rings (SSSR count). The number of nitrogens with two attached hydrogens (primary N) is 1. The number of piperidine rings is 1. The first kappa shape index (κ1) is 15.8. The molecule has 0 bridgehead atoms. The number of carbonyl (C=O) groups is 1. The van der Waals surface area contributed by atoms with E-state index in [4.69, 9.17) is 5.73 Å². The minimum absolute atomic E-state index is 0.140. The Morgan fingerprint density at radius 1 is 1.38 bits per heavy atom. The molecule has 1 saturated heterocycles. The van der Waals surface area contributed by atoms with Crippen LogP contribution < -0.4 is 5.73 Å². The molecule has 1 aliphatic heterocycles. The Kier molecular flexibility index (Phi) is 4.56. The smallest absolute Gasteiger partial charge is 0.338 e. The van der Waals surface area contributed by atoms with Crippen LogP contribution in [0, 0.1) is 11.8 Å². The van der Waals surface area contributed by atoms with Crippen LogP contribution in [0.4, 0.5) is 13.2 Å². The predicted octanol–water partition coefficient (Wildman–Crippen LogP) is 2.76. The van der Waals surface area contributed by atoms with E-state index in [1.54, 1.807) is 0 Å². The molecule has 1 aromatic carbocycles. The van der Waals surface area contributed by atoms with Gasteiger partial charge in [-0.1, -0.05) is 19.1 Å². The molecule has 2 N–H and O–H groups in total. The molecule has 0 spiro atoms. The molecule has 3 nitrogen and oxygen atoms in total. The predicted molar refractivity (Wildman–Crippen MR) is 73.7 cm³/mol. The van der Waals surface area contributed by atoms with E-state index in [0.717, 1.165) is 12.5 Å². The third-order valence-corrected chi connectivity index (χ3v) is 4.17. The van der Waals surface area contributed by atoms with Gasteiger partial charge in [0.05, 0.1) is 11.1 Å². The largest absolute Gasteiger partial charge is 0.417 e. The lowest BCUT2D eigenvalue weighted by atomic mass is 9.87. The van der Waals surface area contributed by atoms with Gasteiger partial charge in [0, 0.05) is 13.1 Å². The number of rotatable bonds is 2.